The molecule has 0 bridgehead atoms. The van der Waals surface area contributed by atoms with Gasteiger partial charge in [-0.05, 0) is 19.4 Å². The van der Waals surface area contributed by atoms with Crippen LogP contribution >= 0.6 is 11.3 Å². The summed E-state index contributed by atoms with van der Waals surface area (Å²) < 4.78 is 1.43. The number of carbonyl (C=O) groups is 1. The van der Waals surface area contributed by atoms with Gasteiger partial charge in [-0.1, -0.05) is 6.92 Å². The average Bonchev–Trinajstić information content (AvgIpc) is 2.71. The van der Waals surface area contributed by atoms with Gasteiger partial charge < -0.3 is 5.11 Å². The monoisotopic (exact) mass is 266 g/mol. The average molecular weight is 266 g/mol. The Labute approximate surface area is 108 Å². The summed E-state index contributed by atoms with van der Waals surface area (Å²) in [5, 5.41) is 9.27. The Morgan fingerprint density at radius 1 is 1.56 bits per heavy atom. The molecule has 18 heavy (non-hydrogen) atoms. The highest BCUT2D eigenvalue weighted by Gasteiger charge is 2.12. The van der Waals surface area contributed by atoms with Gasteiger partial charge in [0.15, 0.2) is 0 Å². The molecule has 1 N–H and O–H groups in total. The molecule has 0 aliphatic rings. The molecule has 96 valence electrons. The number of aromatic nitrogens is 2. The Balaban J connectivity index is 2.53. The molecular formula is C12H14N2O3S. The number of hydrogen-bond acceptors (Lipinski definition) is 4. The maximum absolute atomic E-state index is 12.2. The van der Waals surface area contributed by atoms with Crippen LogP contribution in [0.1, 0.15) is 24.0 Å². The largest absolute Gasteiger partial charge is 0.481 e. The molecule has 0 saturated carbocycles. The van der Waals surface area contributed by atoms with Crippen molar-refractivity contribution in [1.82, 2.24) is 9.55 Å². The van der Waals surface area contributed by atoms with Crippen LogP contribution in [0.5, 0.6) is 0 Å². The van der Waals surface area contributed by atoms with Crippen molar-refractivity contribution >= 4 is 27.5 Å². The molecule has 0 aromatic carbocycles. The van der Waals surface area contributed by atoms with Crippen molar-refractivity contribution in [2.45, 2.75) is 33.2 Å². The second kappa shape index (κ2) is 4.89. The summed E-state index contributed by atoms with van der Waals surface area (Å²) in [6.45, 7) is 3.93. The lowest BCUT2D eigenvalue weighted by molar-refractivity contribution is -0.137. The van der Waals surface area contributed by atoms with Crippen LogP contribution in [0.2, 0.25) is 0 Å². The van der Waals surface area contributed by atoms with Crippen molar-refractivity contribution in [3.05, 3.63) is 27.1 Å². The van der Waals surface area contributed by atoms with Crippen LogP contribution in [-0.4, -0.2) is 20.6 Å². The van der Waals surface area contributed by atoms with E-state index in [9.17, 15) is 9.59 Å². The summed E-state index contributed by atoms with van der Waals surface area (Å²) in [7, 11) is 0. The lowest BCUT2D eigenvalue weighted by Gasteiger charge is -2.07. The van der Waals surface area contributed by atoms with E-state index < -0.39 is 5.97 Å². The first kappa shape index (κ1) is 12.8. The summed E-state index contributed by atoms with van der Waals surface area (Å²) in [5.74, 6) is -0.348. The number of thiophene rings is 1. The van der Waals surface area contributed by atoms with Crippen molar-refractivity contribution in [3.63, 3.8) is 0 Å². The number of hydrogen-bond donors (Lipinski definition) is 1. The van der Waals surface area contributed by atoms with Gasteiger partial charge in [-0.2, -0.15) is 0 Å². The van der Waals surface area contributed by atoms with Gasteiger partial charge in [0.1, 0.15) is 10.7 Å². The molecule has 0 unspecified atom stereocenters. The molecule has 6 heteroatoms. The van der Waals surface area contributed by atoms with E-state index in [-0.39, 0.29) is 18.5 Å². The topological polar surface area (TPSA) is 72.2 Å². The van der Waals surface area contributed by atoms with E-state index in [1.807, 2.05) is 13.0 Å². The second-order valence-corrected chi connectivity index (χ2v) is 5.16. The lowest BCUT2D eigenvalue weighted by Crippen LogP contribution is -2.24. The molecule has 0 aliphatic heterocycles. The van der Waals surface area contributed by atoms with E-state index in [0.29, 0.717) is 11.2 Å². The SMILES string of the molecule is CCc1cc2c(=O)n(CCC(=O)O)c(C)nc2s1. The van der Waals surface area contributed by atoms with E-state index in [1.54, 1.807) is 6.92 Å². The van der Waals surface area contributed by atoms with Gasteiger partial charge in [-0.15, -0.1) is 11.3 Å². The molecule has 0 aliphatic carbocycles. The van der Waals surface area contributed by atoms with Crippen LogP contribution in [0.3, 0.4) is 0 Å². The predicted molar refractivity (Wildman–Crippen MR) is 70.2 cm³/mol. The molecule has 2 aromatic rings. The molecular weight excluding hydrogens is 252 g/mol. The van der Waals surface area contributed by atoms with Gasteiger partial charge in [0, 0.05) is 11.4 Å². The highest BCUT2D eigenvalue weighted by molar-refractivity contribution is 7.18. The van der Waals surface area contributed by atoms with Gasteiger partial charge >= 0.3 is 5.97 Å². The Hall–Kier alpha value is -1.69. The van der Waals surface area contributed by atoms with E-state index in [4.69, 9.17) is 5.11 Å². The first-order valence-electron chi connectivity index (χ1n) is 5.74. The third-order valence-corrected chi connectivity index (χ3v) is 3.96. The first-order valence-corrected chi connectivity index (χ1v) is 6.56. The fourth-order valence-electron chi connectivity index (χ4n) is 1.81. The van der Waals surface area contributed by atoms with Crippen LogP contribution in [0.15, 0.2) is 10.9 Å². The molecule has 0 radical (unpaired) electrons. The summed E-state index contributed by atoms with van der Waals surface area (Å²) in [6, 6.07) is 1.85. The minimum atomic E-state index is -0.916. The number of nitrogens with zero attached hydrogens (tertiary/aromatic N) is 2. The third kappa shape index (κ3) is 2.28. The molecule has 0 spiro atoms. The molecule has 0 atom stereocenters. The zero-order valence-electron chi connectivity index (χ0n) is 10.3. The van der Waals surface area contributed by atoms with Crippen LogP contribution in [0.25, 0.3) is 10.2 Å². The van der Waals surface area contributed by atoms with E-state index in [2.05, 4.69) is 4.98 Å². The number of carboxylic acid groups (broad SMARTS) is 1. The maximum atomic E-state index is 12.2. The summed E-state index contributed by atoms with van der Waals surface area (Å²) in [4.78, 5) is 29.0. The Kier molecular flexibility index (Phi) is 3.47. The number of fused-ring (bicyclic) bond motifs is 1. The number of carboxylic acids is 1. The fraction of sp³-hybridized carbons (Fsp3) is 0.417. The summed E-state index contributed by atoms with van der Waals surface area (Å²) in [5.41, 5.74) is -0.144. The van der Waals surface area contributed by atoms with Crippen molar-refractivity contribution in [2.75, 3.05) is 0 Å². The molecule has 0 saturated heterocycles. The van der Waals surface area contributed by atoms with Gasteiger partial charge in [-0.25, -0.2) is 4.98 Å². The quantitative estimate of drug-likeness (QED) is 0.916. The fourth-order valence-corrected chi connectivity index (χ4v) is 2.82. The normalized spacial score (nSPS) is 11.0. The Morgan fingerprint density at radius 2 is 2.28 bits per heavy atom. The zero-order chi connectivity index (χ0) is 13.3. The van der Waals surface area contributed by atoms with Crippen LogP contribution in [-0.2, 0) is 17.8 Å². The molecule has 2 aromatic heterocycles. The molecule has 2 heterocycles. The van der Waals surface area contributed by atoms with Crippen LogP contribution in [0.4, 0.5) is 0 Å². The zero-order valence-corrected chi connectivity index (χ0v) is 11.1. The number of aryl methyl sites for hydroxylation is 2. The second-order valence-electron chi connectivity index (χ2n) is 4.04. The maximum Gasteiger partial charge on any atom is 0.305 e. The van der Waals surface area contributed by atoms with Crippen molar-refractivity contribution in [2.24, 2.45) is 0 Å². The minimum absolute atomic E-state index is 0.0707. The molecule has 0 fully saturated rings. The van der Waals surface area contributed by atoms with Gasteiger partial charge in [0.25, 0.3) is 5.56 Å². The Morgan fingerprint density at radius 3 is 2.89 bits per heavy atom. The Bertz CT molecular complexity index is 657. The predicted octanol–water partition coefficient (Wildman–Crippen LogP) is 1.80. The molecule has 2 rings (SSSR count). The van der Waals surface area contributed by atoms with Crippen molar-refractivity contribution < 1.29 is 9.90 Å². The molecule has 5 nitrogen and oxygen atoms in total. The third-order valence-electron chi connectivity index (χ3n) is 2.79. The highest BCUT2D eigenvalue weighted by atomic mass is 32.1. The van der Waals surface area contributed by atoms with Crippen LogP contribution < -0.4 is 5.56 Å². The van der Waals surface area contributed by atoms with Gasteiger partial charge in [0.05, 0.1) is 11.8 Å². The minimum Gasteiger partial charge on any atom is -0.481 e. The first-order chi connectivity index (χ1) is 8.52. The van der Waals surface area contributed by atoms with Gasteiger partial charge in [0.2, 0.25) is 0 Å². The van der Waals surface area contributed by atoms with Crippen molar-refractivity contribution in [1.29, 1.82) is 0 Å². The van der Waals surface area contributed by atoms with Crippen LogP contribution in [0, 0.1) is 6.92 Å². The standard InChI is InChI=1S/C12H14N2O3S/c1-3-8-6-9-11(18-8)13-7(2)14(12(9)17)5-4-10(15)16/h6H,3-5H2,1-2H3,(H,15,16). The number of rotatable bonds is 4. The van der Waals surface area contributed by atoms with E-state index in [1.165, 1.54) is 15.9 Å². The summed E-state index contributed by atoms with van der Waals surface area (Å²) >= 11 is 1.52. The highest BCUT2D eigenvalue weighted by Crippen LogP contribution is 2.21. The molecule has 0 amide bonds. The van der Waals surface area contributed by atoms with E-state index >= 15 is 0 Å². The van der Waals surface area contributed by atoms with E-state index in [0.717, 1.165) is 16.1 Å². The number of aliphatic carboxylic acids is 1. The van der Waals surface area contributed by atoms with Gasteiger partial charge in [-0.3, -0.25) is 14.2 Å². The lowest BCUT2D eigenvalue weighted by atomic mass is 10.3. The smallest absolute Gasteiger partial charge is 0.305 e. The van der Waals surface area contributed by atoms with Crippen molar-refractivity contribution in [3.8, 4) is 0 Å². The summed E-state index contributed by atoms with van der Waals surface area (Å²) in [6.07, 6.45) is 0.799.